The van der Waals surface area contributed by atoms with Crippen LogP contribution in [0, 0.1) is 13.8 Å². The fraction of sp³-hybridized carbons (Fsp3) is 0.261. The Morgan fingerprint density at radius 2 is 1.41 bits per heavy atom. The van der Waals surface area contributed by atoms with Gasteiger partial charge >= 0.3 is 17.1 Å². The number of aromatic nitrogens is 2. The van der Waals surface area contributed by atoms with Crippen molar-refractivity contribution in [1.82, 2.24) is 9.97 Å². The van der Waals surface area contributed by atoms with E-state index >= 15 is 0 Å². The second-order valence-electron chi connectivity index (χ2n) is 7.82. The van der Waals surface area contributed by atoms with E-state index in [4.69, 9.17) is 20.0 Å². The van der Waals surface area contributed by atoms with Gasteiger partial charge < -0.3 is 9.56 Å². The standard InChI is InChI=1S/C23H22N5.Cu/c1-11-7-16-15(5)17-8-12(2)21(25-17)23-14(4)10-19(27-23)28(6)18-9-13(3)22(26-18)20(11)24-16;/h7-10H,1-6H3;/q-1;+2. The second kappa shape index (κ2) is 6.68. The third kappa shape index (κ3) is 2.86. The SMILES string of the molecule is CC1=CC2=[N+](C)c3cc(C)c([n-]3)C3=NC(=C(C)c4cc(C)c([n-]4)C1=N2)C=C3C.[Cu+2]. The molecule has 0 amide bonds. The molecule has 6 heteroatoms. The average molecular weight is 432 g/mol. The Kier molecular flexibility index (Phi) is 4.52. The van der Waals surface area contributed by atoms with Crippen molar-refractivity contribution in [1.29, 1.82) is 0 Å². The van der Waals surface area contributed by atoms with E-state index in [1.807, 2.05) is 11.6 Å². The van der Waals surface area contributed by atoms with Crippen LogP contribution >= 0.6 is 0 Å². The van der Waals surface area contributed by atoms with Gasteiger partial charge in [0.25, 0.3) is 0 Å². The Bertz CT molecular complexity index is 1160. The van der Waals surface area contributed by atoms with E-state index in [0.717, 1.165) is 73.7 Å². The van der Waals surface area contributed by atoms with Crippen LogP contribution in [0.3, 0.4) is 0 Å². The molecule has 0 aliphatic carbocycles. The number of fused-ring (bicyclic) bond motifs is 8. The zero-order chi connectivity index (χ0) is 19.7. The maximum Gasteiger partial charge on any atom is 2.00 e. The Morgan fingerprint density at radius 3 is 2.17 bits per heavy atom. The second-order valence-corrected chi connectivity index (χ2v) is 7.82. The number of hydrogen-bond donors (Lipinski definition) is 0. The van der Waals surface area contributed by atoms with Crippen LogP contribution in [0.1, 0.15) is 49.0 Å². The minimum absolute atomic E-state index is 0. The number of aryl methyl sites for hydroxylation is 2. The predicted molar refractivity (Wildman–Crippen MR) is 113 cm³/mol. The quantitative estimate of drug-likeness (QED) is 0.470. The molecule has 5 heterocycles. The first-order chi connectivity index (χ1) is 13.3. The van der Waals surface area contributed by atoms with Crippen LogP contribution in [0.4, 0.5) is 5.82 Å². The van der Waals surface area contributed by atoms with Gasteiger partial charge in [-0.2, -0.15) is 0 Å². The normalized spacial score (nSPS) is 17.6. The summed E-state index contributed by atoms with van der Waals surface area (Å²) in [5.74, 6) is 1.76. The summed E-state index contributed by atoms with van der Waals surface area (Å²) in [5.41, 5.74) is 11.3. The monoisotopic (exact) mass is 431 g/mol. The van der Waals surface area contributed by atoms with E-state index in [-0.39, 0.29) is 17.1 Å². The molecular formula is C23H22CuN5+. The minimum Gasteiger partial charge on any atom is -0.656 e. The molecule has 0 saturated heterocycles. The summed E-state index contributed by atoms with van der Waals surface area (Å²) in [4.78, 5) is 19.7. The molecule has 29 heavy (non-hydrogen) atoms. The first-order valence-electron chi connectivity index (χ1n) is 9.49. The molecule has 2 aromatic rings. The molecular weight excluding hydrogens is 410 g/mol. The third-order valence-corrected chi connectivity index (χ3v) is 5.71. The van der Waals surface area contributed by atoms with Gasteiger partial charge in [-0.05, 0) is 75.1 Å². The molecule has 5 rings (SSSR count). The molecule has 0 unspecified atom stereocenters. The van der Waals surface area contributed by atoms with E-state index in [1.54, 1.807) is 0 Å². The van der Waals surface area contributed by atoms with Gasteiger partial charge in [-0.3, -0.25) is 0 Å². The van der Waals surface area contributed by atoms with E-state index in [9.17, 15) is 0 Å². The zero-order valence-corrected chi connectivity index (χ0v) is 18.3. The van der Waals surface area contributed by atoms with E-state index in [0.29, 0.717) is 0 Å². The number of hydrogen-bond acceptors (Lipinski definition) is 2. The van der Waals surface area contributed by atoms with Crippen LogP contribution < -0.4 is 9.97 Å². The number of aliphatic imine (C=N–C) groups is 2. The van der Waals surface area contributed by atoms with Gasteiger partial charge in [-0.25, -0.2) is 15.0 Å². The van der Waals surface area contributed by atoms with E-state index < -0.39 is 0 Å². The van der Waals surface area contributed by atoms with Crippen molar-refractivity contribution in [3.63, 3.8) is 0 Å². The van der Waals surface area contributed by atoms with Crippen LogP contribution in [0.5, 0.6) is 0 Å². The third-order valence-electron chi connectivity index (χ3n) is 5.71. The average Bonchev–Trinajstić information content (AvgIpc) is 3.39. The molecule has 0 atom stereocenters. The summed E-state index contributed by atoms with van der Waals surface area (Å²) in [6.45, 7) is 10.5. The maximum absolute atomic E-state index is 4.93. The van der Waals surface area contributed by atoms with Crippen molar-refractivity contribution in [3.05, 3.63) is 69.3 Å². The van der Waals surface area contributed by atoms with Crippen LogP contribution in [-0.4, -0.2) is 28.9 Å². The maximum atomic E-state index is 4.93. The van der Waals surface area contributed by atoms with Crippen LogP contribution in [0.2, 0.25) is 0 Å². The van der Waals surface area contributed by atoms with Crippen molar-refractivity contribution in [3.8, 4) is 0 Å². The van der Waals surface area contributed by atoms with Gasteiger partial charge in [-0.15, -0.1) is 11.4 Å². The Hall–Kier alpha value is -2.69. The number of amidine groups is 1. The fourth-order valence-electron chi connectivity index (χ4n) is 3.96. The van der Waals surface area contributed by atoms with Gasteiger partial charge in [0, 0.05) is 7.05 Å². The molecule has 2 aromatic heterocycles. The van der Waals surface area contributed by atoms with Crippen LogP contribution in [0.25, 0.3) is 5.57 Å². The van der Waals surface area contributed by atoms with Gasteiger partial charge in [0.05, 0.1) is 22.8 Å². The first kappa shape index (κ1) is 19.6. The van der Waals surface area contributed by atoms with E-state index in [2.05, 4.69) is 58.9 Å². The summed E-state index contributed by atoms with van der Waals surface area (Å²) in [6.07, 6.45) is 4.24. The van der Waals surface area contributed by atoms with Crippen molar-refractivity contribution < 1.29 is 21.6 Å². The molecule has 149 valence electrons. The molecule has 0 aromatic carbocycles. The summed E-state index contributed by atoms with van der Waals surface area (Å²) in [7, 11) is 2.01. The largest absolute Gasteiger partial charge is 2.00 e. The summed E-state index contributed by atoms with van der Waals surface area (Å²) in [6, 6.07) is 4.24. The molecule has 0 N–H and O–H groups in total. The summed E-state index contributed by atoms with van der Waals surface area (Å²) >= 11 is 0. The Morgan fingerprint density at radius 1 is 0.793 bits per heavy atom. The topological polar surface area (TPSA) is 55.9 Å². The molecule has 3 aliphatic heterocycles. The molecule has 0 spiro atoms. The molecule has 0 fully saturated rings. The molecule has 3 aliphatic rings. The van der Waals surface area contributed by atoms with E-state index in [1.165, 1.54) is 0 Å². The fourth-order valence-corrected chi connectivity index (χ4v) is 3.96. The zero-order valence-electron chi connectivity index (χ0n) is 17.3. The summed E-state index contributed by atoms with van der Waals surface area (Å²) < 4.78 is 2.04. The van der Waals surface area contributed by atoms with Crippen molar-refractivity contribution in [2.45, 2.75) is 34.6 Å². The molecule has 5 nitrogen and oxygen atoms in total. The predicted octanol–water partition coefficient (Wildman–Crippen LogP) is 3.83. The molecule has 8 bridgehead atoms. The van der Waals surface area contributed by atoms with Crippen LogP contribution in [0.15, 0.2) is 51.1 Å². The summed E-state index contributed by atoms with van der Waals surface area (Å²) in [5, 5.41) is 0. The Balaban J connectivity index is 0.00000205. The number of rotatable bonds is 0. The van der Waals surface area contributed by atoms with Gasteiger partial charge in [0.2, 0.25) is 0 Å². The van der Waals surface area contributed by atoms with Gasteiger partial charge in [0.15, 0.2) is 0 Å². The molecule has 1 radical (unpaired) electrons. The van der Waals surface area contributed by atoms with Gasteiger partial charge in [-0.1, -0.05) is 11.6 Å². The van der Waals surface area contributed by atoms with Crippen molar-refractivity contribution >= 4 is 28.6 Å². The molecule has 0 saturated carbocycles. The first-order valence-corrected chi connectivity index (χ1v) is 9.49. The van der Waals surface area contributed by atoms with Crippen LogP contribution in [-0.2, 0) is 17.1 Å². The number of allylic oxidation sites excluding steroid dienone is 4. The van der Waals surface area contributed by atoms with Gasteiger partial charge in [0.1, 0.15) is 11.7 Å². The minimum atomic E-state index is 0. The van der Waals surface area contributed by atoms with Crippen molar-refractivity contribution in [2.75, 3.05) is 7.05 Å². The van der Waals surface area contributed by atoms with Crippen molar-refractivity contribution in [2.24, 2.45) is 9.98 Å². The Labute approximate surface area is 181 Å². The smallest absolute Gasteiger partial charge is 0.656 e. The number of nitrogens with zero attached hydrogens (tertiary/aromatic N) is 5.